The number of hydrogen-bond acceptors (Lipinski definition) is 3. The van der Waals surface area contributed by atoms with Crippen molar-refractivity contribution < 1.29 is 9.53 Å². The average Bonchev–Trinajstić information content (AvgIpc) is 2.57. The van der Waals surface area contributed by atoms with Crippen molar-refractivity contribution >= 4 is 21.9 Å². The number of esters is 1. The topological polar surface area (TPSA) is 38.3 Å². The van der Waals surface area contributed by atoms with Gasteiger partial charge in [0.15, 0.2) is 0 Å². The van der Waals surface area contributed by atoms with E-state index in [1.165, 1.54) is 25.7 Å². The number of carbonyl (C=O) groups excluding carboxylic acids is 1. The molecule has 2 fully saturated rings. The fourth-order valence-electron chi connectivity index (χ4n) is 3.79. The van der Waals surface area contributed by atoms with Crippen LogP contribution in [-0.2, 0) is 9.53 Å². The van der Waals surface area contributed by atoms with E-state index in [1.807, 2.05) is 0 Å². The minimum Gasteiger partial charge on any atom is -0.462 e. The third-order valence-electron chi connectivity index (χ3n) is 5.41. The van der Waals surface area contributed by atoms with E-state index in [9.17, 15) is 4.79 Å². The number of unbranched alkanes of at least 4 members (excludes halogenated alkanes) is 3. The lowest BCUT2D eigenvalue weighted by molar-refractivity contribution is -0.156. The lowest BCUT2D eigenvalue weighted by atomic mass is 9.86. The molecule has 2 rings (SSSR count). The van der Waals surface area contributed by atoms with Gasteiger partial charge in [-0.05, 0) is 64.3 Å². The fourth-order valence-corrected chi connectivity index (χ4v) is 4.32. The first-order chi connectivity index (χ1) is 11.2. The maximum absolute atomic E-state index is 12.3. The Bertz CT molecular complexity index is 334. The van der Waals surface area contributed by atoms with Gasteiger partial charge < -0.3 is 10.1 Å². The summed E-state index contributed by atoms with van der Waals surface area (Å²) in [6.45, 7) is 3.38. The van der Waals surface area contributed by atoms with Gasteiger partial charge in [-0.15, -0.1) is 0 Å². The van der Waals surface area contributed by atoms with Crippen molar-refractivity contribution in [1.29, 1.82) is 0 Å². The molecule has 2 aliphatic carbocycles. The molecule has 0 heterocycles. The van der Waals surface area contributed by atoms with Gasteiger partial charge >= 0.3 is 5.97 Å². The summed E-state index contributed by atoms with van der Waals surface area (Å²) in [6, 6.07) is 0.615. The molecule has 4 heteroatoms. The number of halogens is 1. The predicted molar refractivity (Wildman–Crippen MR) is 99.0 cm³/mol. The Morgan fingerprint density at radius 2 is 1.70 bits per heavy atom. The third kappa shape index (κ3) is 7.13. The molecule has 0 spiro atoms. The molecule has 0 amide bonds. The number of carbonyl (C=O) groups is 1. The van der Waals surface area contributed by atoms with Crippen molar-refractivity contribution in [2.45, 2.75) is 101 Å². The summed E-state index contributed by atoms with van der Waals surface area (Å²) in [4.78, 5) is 13.0. The van der Waals surface area contributed by atoms with Crippen LogP contribution < -0.4 is 5.32 Å². The first-order valence-electron chi connectivity index (χ1n) is 9.77. The van der Waals surface area contributed by atoms with Crippen LogP contribution in [-0.4, -0.2) is 29.5 Å². The Morgan fingerprint density at radius 1 is 1.00 bits per heavy atom. The quantitative estimate of drug-likeness (QED) is 0.363. The Morgan fingerprint density at radius 3 is 2.35 bits per heavy atom. The van der Waals surface area contributed by atoms with Crippen LogP contribution in [0.4, 0.5) is 0 Å². The maximum Gasteiger partial charge on any atom is 0.309 e. The Balaban J connectivity index is 1.57. The second-order valence-corrected chi connectivity index (χ2v) is 8.67. The highest BCUT2D eigenvalue weighted by molar-refractivity contribution is 9.09. The highest BCUT2D eigenvalue weighted by Crippen LogP contribution is 2.29. The summed E-state index contributed by atoms with van der Waals surface area (Å²) < 4.78 is 5.76. The molecule has 0 aromatic rings. The molecule has 0 radical (unpaired) electrons. The molecule has 0 aliphatic heterocycles. The summed E-state index contributed by atoms with van der Waals surface area (Å²) in [6.07, 6.45) is 14.0. The Hall–Kier alpha value is -0.0900. The van der Waals surface area contributed by atoms with E-state index in [0.29, 0.717) is 10.9 Å². The van der Waals surface area contributed by atoms with Crippen molar-refractivity contribution in [2.24, 2.45) is 5.92 Å². The van der Waals surface area contributed by atoms with Crippen LogP contribution in [0.2, 0.25) is 0 Å². The largest absolute Gasteiger partial charge is 0.462 e. The minimum atomic E-state index is 0.0735. The zero-order valence-electron chi connectivity index (χ0n) is 14.7. The van der Waals surface area contributed by atoms with Gasteiger partial charge in [0, 0.05) is 10.9 Å². The summed E-state index contributed by atoms with van der Waals surface area (Å²) in [5.41, 5.74) is 0. The van der Waals surface area contributed by atoms with Crippen molar-refractivity contribution in [3.8, 4) is 0 Å². The summed E-state index contributed by atoms with van der Waals surface area (Å²) in [5, 5.41) is 3.67. The molecule has 134 valence electrons. The van der Waals surface area contributed by atoms with E-state index in [1.54, 1.807) is 0 Å². The molecule has 23 heavy (non-hydrogen) atoms. The van der Waals surface area contributed by atoms with E-state index in [-0.39, 0.29) is 18.0 Å². The van der Waals surface area contributed by atoms with Crippen LogP contribution >= 0.6 is 15.9 Å². The summed E-state index contributed by atoms with van der Waals surface area (Å²) in [5.74, 6) is 0.222. The lowest BCUT2D eigenvalue weighted by Gasteiger charge is -2.30. The van der Waals surface area contributed by atoms with Crippen LogP contribution in [0.3, 0.4) is 0 Å². The molecule has 1 N–H and O–H groups in total. The number of rotatable bonds is 8. The molecule has 0 bridgehead atoms. The molecular formula is C19H34BrNO2. The van der Waals surface area contributed by atoms with E-state index < -0.39 is 0 Å². The van der Waals surface area contributed by atoms with Crippen molar-refractivity contribution in [3.05, 3.63) is 0 Å². The van der Waals surface area contributed by atoms with Gasteiger partial charge in [-0.25, -0.2) is 0 Å². The third-order valence-corrected chi connectivity index (χ3v) is 6.33. The number of ether oxygens (including phenoxy) is 1. The first-order valence-corrected chi connectivity index (χ1v) is 10.7. The monoisotopic (exact) mass is 387 g/mol. The lowest BCUT2D eigenvalue weighted by Crippen LogP contribution is -2.37. The molecule has 0 unspecified atom stereocenters. The molecule has 0 saturated heterocycles. The highest BCUT2D eigenvalue weighted by Gasteiger charge is 2.30. The maximum atomic E-state index is 12.3. The molecule has 2 saturated carbocycles. The molecule has 0 aromatic heterocycles. The van der Waals surface area contributed by atoms with Crippen molar-refractivity contribution in [2.75, 3.05) is 6.54 Å². The Kier molecular flexibility index (Phi) is 8.96. The Labute approximate surface area is 150 Å². The normalized spacial score (nSPS) is 31.7. The van der Waals surface area contributed by atoms with Crippen LogP contribution in [0.15, 0.2) is 0 Å². The standard InChI is InChI=1S/C19H34BrNO2/c1-2-3-4-5-14-21-17-10-6-15(7-11-17)19(22)23-18-12-8-16(20)9-13-18/h15-18,21H,2-14H2,1H3. The molecule has 0 atom stereocenters. The van der Waals surface area contributed by atoms with Crippen molar-refractivity contribution in [1.82, 2.24) is 5.32 Å². The van der Waals surface area contributed by atoms with Gasteiger partial charge in [0.05, 0.1) is 5.92 Å². The van der Waals surface area contributed by atoms with E-state index in [0.717, 1.165) is 57.9 Å². The zero-order chi connectivity index (χ0) is 16.5. The molecule has 2 aliphatic rings. The SMILES string of the molecule is CCCCCCNC1CCC(C(=O)OC2CCC(Br)CC2)CC1. The molecular weight excluding hydrogens is 354 g/mol. The predicted octanol–water partition coefficient (Wildman–Crippen LogP) is 4.96. The van der Waals surface area contributed by atoms with Gasteiger partial charge in [-0.1, -0.05) is 42.1 Å². The minimum absolute atomic E-state index is 0.0735. The molecule has 3 nitrogen and oxygen atoms in total. The van der Waals surface area contributed by atoms with Gasteiger partial charge in [0.25, 0.3) is 0 Å². The fraction of sp³-hybridized carbons (Fsp3) is 0.947. The van der Waals surface area contributed by atoms with E-state index in [2.05, 4.69) is 28.2 Å². The summed E-state index contributed by atoms with van der Waals surface area (Å²) in [7, 11) is 0. The number of nitrogens with one attached hydrogen (secondary N) is 1. The smallest absolute Gasteiger partial charge is 0.309 e. The van der Waals surface area contributed by atoms with Crippen LogP contribution in [0, 0.1) is 5.92 Å². The average molecular weight is 388 g/mol. The first kappa shape index (κ1) is 19.2. The van der Waals surface area contributed by atoms with Gasteiger partial charge in [-0.3, -0.25) is 4.79 Å². The van der Waals surface area contributed by atoms with Gasteiger partial charge in [-0.2, -0.15) is 0 Å². The van der Waals surface area contributed by atoms with Crippen molar-refractivity contribution in [3.63, 3.8) is 0 Å². The summed E-state index contributed by atoms with van der Waals surface area (Å²) >= 11 is 3.65. The second-order valence-electron chi connectivity index (χ2n) is 7.37. The number of hydrogen-bond donors (Lipinski definition) is 1. The highest BCUT2D eigenvalue weighted by atomic mass is 79.9. The van der Waals surface area contributed by atoms with E-state index in [4.69, 9.17) is 4.74 Å². The van der Waals surface area contributed by atoms with Gasteiger partial charge in [0.2, 0.25) is 0 Å². The van der Waals surface area contributed by atoms with Crippen LogP contribution in [0.25, 0.3) is 0 Å². The van der Waals surface area contributed by atoms with Gasteiger partial charge in [0.1, 0.15) is 6.10 Å². The zero-order valence-corrected chi connectivity index (χ0v) is 16.3. The number of alkyl halides is 1. The van der Waals surface area contributed by atoms with Crippen LogP contribution in [0.1, 0.15) is 84.0 Å². The van der Waals surface area contributed by atoms with Crippen LogP contribution in [0.5, 0.6) is 0 Å². The van der Waals surface area contributed by atoms with E-state index >= 15 is 0 Å². The second kappa shape index (κ2) is 10.7. The molecule has 0 aromatic carbocycles.